The first-order valence-corrected chi connectivity index (χ1v) is 13.5. The Kier molecular flexibility index (Phi) is 9.88. The molecule has 0 saturated carbocycles. The smallest absolute Gasteiger partial charge is 0.326 e. The Bertz CT molecular complexity index is 1430. The van der Waals surface area contributed by atoms with Crippen molar-refractivity contribution >= 4 is 11.8 Å². The van der Waals surface area contributed by atoms with E-state index in [0.29, 0.717) is 35.9 Å². The van der Waals surface area contributed by atoms with Crippen LogP contribution in [0.15, 0.2) is 101 Å². The number of rotatable bonds is 14. The lowest BCUT2D eigenvalue weighted by Crippen LogP contribution is -2.37. The Balaban J connectivity index is 1.32. The zero-order chi connectivity index (χ0) is 28.3. The zero-order valence-corrected chi connectivity index (χ0v) is 22.8. The number of aromatic nitrogens is 1. The second-order valence-corrected chi connectivity index (χ2v) is 9.54. The second-order valence-electron chi connectivity index (χ2n) is 9.54. The number of aliphatic carboxylic acids is 1. The van der Waals surface area contributed by atoms with Gasteiger partial charge in [-0.1, -0.05) is 67.6 Å². The van der Waals surface area contributed by atoms with Gasteiger partial charge < -0.3 is 19.6 Å². The monoisotopic (exact) mass is 538 g/mol. The van der Waals surface area contributed by atoms with Crippen molar-refractivity contribution in [1.82, 2.24) is 10.3 Å². The lowest BCUT2D eigenvalue weighted by Gasteiger charge is -2.16. The number of nitrogens with zero attached hydrogens (tertiary/aromatic N) is 1. The molecule has 3 aromatic carbocycles. The third-order valence-corrected chi connectivity index (χ3v) is 6.35. The molecule has 1 heterocycles. The van der Waals surface area contributed by atoms with E-state index < -0.39 is 12.0 Å². The van der Waals surface area contributed by atoms with Gasteiger partial charge in [0.15, 0.2) is 5.78 Å². The van der Waals surface area contributed by atoms with E-state index in [-0.39, 0.29) is 12.2 Å². The molecule has 1 aromatic heterocycles. The lowest BCUT2D eigenvalue weighted by atomic mass is 10.1. The van der Waals surface area contributed by atoms with Crippen LogP contribution in [-0.2, 0) is 24.1 Å². The Hall–Kier alpha value is -4.65. The summed E-state index contributed by atoms with van der Waals surface area (Å²) in [7, 11) is 0. The molecule has 0 amide bonds. The van der Waals surface area contributed by atoms with Crippen LogP contribution in [0.5, 0.6) is 5.75 Å². The standard InChI is InChI=1S/C33H34N2O5/c1-3-10-31-28(35-32(40-31)26-13-8-5-9-14-26)19-20-39-27-17-15-24(16-18-27)22-29(33(37)38)34-23(2)21-30(36)25-11-6-4-7-12-25/h4-9,11-18,21,29,34H,3,10,19-20,22H2,1-2H3,(H,37,38)/t29-/m0/s1. The highest BCUT2D eigenvalue weighted by molar-refractivity contribution is 6.04. The number of nitrogens with one attached hydrogen (secondary N) is 1. The molecule has 206 valence electrons. The maximum absolute atomic E-state index is 12.4. The minimum atomic E-state index is -0.995. The number of hydrogen-bond donors (Lipinski definition) is 2. The van der Waals surface area contributed by atoms with E-state index in [1.807, 2.05) is 60.7 Å². The van der Waals surface area contributed by atoms with Gasteiger partial charge >= 0.3 is 5.97 Å². The minimum Gasteiger partial charge on any atom is -0.493 e. The predicted molar refractivity (Wildman–Crippen MR) is 154 cm³/mol. The summed E-state index contributed by atoms with van der Waals surface area (Å²) in [4.78, 5) is 29.0. The number of ether oxygens (including phenoxy) is 1. The Morgan fingerprint density at radius 3 is 2.30 bits per heavy atom. The predicted octanol–water partition coefficient (Wildman–Crippen LogP) is 6.29. The molecule has 0 aliphatic carbocycles. The van der Waals surface area contributed by atoms with Crippen LogP contribution in [0.2, 0.25) is 0 Å². The molecule has 0 unspecified atom stereocenters. The van der Waals surface area contributed by atoms with Gasteiger partial charge in [0, 0.05) is 42.2 Å². The van der Waals surface area contributed by atoms with Gasteiger partial charge in [-0.05, 0) is 43.2 Å². The first-order chi connectivity index (χ1) is 19.4. The van der Waals surface area contributed by atoms with Gasteiger partial charge in [-0.3, -0.25) is 4.79 Å². The summed E-state index contributed by atoms with van der Waals surface area (Å²) in [5.41, 5.74) is 3.73. The highest BCUT2D eigenvalue weighted by Crippen LogP contribution is 2.24. The number of ketones is 1. The van der Waals surface area contributed by atoms with Crippen LogP contribution in [0, 0.1) is 0 Å². The third-order valence-electron chi connectivity index (χ3n) is 6.35. The Morgan fingerprint density at radius 2 is 1.65 bits per heavy atom. The van der Waals surface area contributed by atoms with Crippen molar-refractivity contribution in [2.75, 3.05) is 6.61 Å². The Labute approximate surface area is 234 Å². The summed E-state index contributed by atoms with van der Waals surface area (Å²) in [6, 6.07) is 25.2. The Morgan fingerprint density at radius 1 is 0.975 bits per heavy atom. The SMILES string of the molecule is CCCc1oc(-c2ccccc2)nc1CCOc1ccc(C[C@H](NC(C)=CC(=O)c2ccccc2)C(=O)O)cc1. The summed E-state index contributed by atoms with van der Waals surface area (Å²) in [6.45, 7) is 4.24. The molecule has 4 aromatic rings. The van der Waals surface area contributed by atoms with Crippen molar-refractivity contribution in [3.05, 3.63) is 119 Å². The lowest BCUT2D eigenvalue weighted by molar-refractivity contribution is -0.139. The van der Waals surface area contributed by atoms with E-state index in [1.54, 1.807) is 31.2 Å². The molecule has 0 aliphatic heterocycles. The number of allylic oxidation sites excluding steroid dienone is 2. The fourth-order valence-electron chi connectivity index (χ4n) is 4.33. The molecule has 0 bridgehead atoms. The average Bonchev–Trinajstić information content (AvgIpc) is 3.37. The quantitative estimate of drug-likeness (QED) is 0.144. The molecule has 0 fully saturated rings. The van der Waals surface area contributed by atoms with E-state index in [1.165, 1.54) is 6.08 Å². The summed E-state index contributed by atoms with van der Waals surface area (Å²) < 4.78 is 12.0. The van der Waals surface area contributed by atoms with Gasteiger partial charge in [-0.25, -0.2) is 9.78 Å². The number of aryl methyl sites for hydroxylation is 1. The summed E-state index contributed by atoms with van der Waals surface area (Å²) in [5, 5.41) is 12.7. The summed E-state index contributed by atoms with van der Waals surface area (Å²) >= 11 is 0. The van der Waals surface area contributed by atoms with Crippen molar-refractivity contribution in [2.24, 2.45) is 0 Å². The van der Waals surface area contributed by atoms with Crippen LogP contribution in [0.1, 0.15) is 47.6 Å². The molecule has 2 N–H and O–H groups in total. The van der Waals surface area contributed by atoms with Gasteiger partial charge in [0.1, 0.15) is 17.6 Å². The van der Waals surface area contributed by atoms with E-state index >= 15 is 0 Å². The molecule has 7 nitrogen and oxygen atoms in total. The van der Waals surface area contributed by atoms with Crippen LogP contribution < -0.4 is 10.1 Å². The topological polar surface area (TPSA) is 102 Å². The maximum atomic E-state index is 12.4. The molecular weight excluding hydrogens is 504 g/mol. The molecule has 40 heavy (non-hydrogen) atoms. The number of hydrogen-bond acceptors (Lipinski definition) is 6. The van der Waals surface area contributed by atoms with Crippen LogP contribution in [-0.4, -0.2) is 34.5 Å². The first kappa shape index (κ1) is 28.4. The number of oxazole rings is 1. The maximum Gasteiger partial charge on any atom is 0.326 e. The van der Waals surface area contributed by atoms with Crippen LogP contribution >= 0.6 is 0 Å². The molecule has 0 radical (unpaired) electrons. The normalized spacial score (nSPS) is 12.1. The van der Waals surface area contributed by atoms with Gasteiger partial charge in [-0.15, -0.1) is 0 Å². The van der Waals surface area contributed by atoms with Crippen molar-refractivity contribution in [1.29, 1.82) is 0 Å². The molecular formula is C33H34N2O5. The van der Waals surface area contributed by atoms with E-state index in [9.17, 15) is 14.7 Å². The van der Waals surface area contributed by atoms with E-state index in [0.717, 1.165) is 35.4 Å². The van der Waals surface area contributed by atoms with E-state index in [4.69, 9.17) is 14.1 Å². The first-order valence-electron chi connectivity index (χ1n) is 13.5. The molecule has 7 heteroatoms. The van der Waals surface area contributed by atoms with Crippen molar-refractivity contribution in [3.8, 4) is 17.2 Å². The van der Waals surface area contributed by atoms with Gasteiger partial charge in [0.05, 0.1) is 12.3 Å². The molecule has 1 atom stereocenters. The fraction of sp³-hybridized carbons (Fsp3) is 0.242. The number of carbonyl (C=O) groups excluding carboxylic acids is 1. The zero-order valence-electron chi connectivity index (χ0n) is 22.8. The van der Waals surface area contributed by atoms with Crippen LogP contribution in [0.3, 0.4) is 0 Å². The van der Waals surface area contributed by atoms with Crippen molar-refractivity contribution < 1.29 is 23.8 Å². The number of carboxylic acid groups (broad SMARTS) is 1. The highest BCUT2D eigenvalue weighted by Gasteiger charge is 2.19. The summed E-state index contributed by atoms with van der Waals surface area (Å²) in [6.07, 6.45) is 4.07. The molecule has 0 saturated heterocycles. The summed E-state index contributed by atoms with van der Waals surface area (Å²) in [5.74, 6) is 1.03. The average molecular weight is 539 g/mol. The van der Waals surface area contributed by atoms with Gasteiger partial charge in [-0.2, -0.15) is 0 Å². The number of benzene rings is 3. The molecule has 0 spiro atoms. The molecule has 4 rings (SSSR count). The van der Waals surface area contributed by atoms with Crippen molar-refractivity contribution in [3.63, 3.8) is 0 Å². The fourth-order valence-corrected chi connectivity index (χ4v) is 4.33. The van der Waals surface area contributed by atoms with Gasteiger partial charge in [0.2, 0.25) is 5.89 Å². The van der Waals surface area contributed by atoms with Crippen LogP contribution in [0.4, 0.5) is 0 Å². The van der Waals surface area contributed by atoms with Gasteiger partial charge in [0.25, 0.3) is 0 Å². The largest absolute Gasteiger partial charge is 0.493 e. The number of carbonyl (C=O) groups is 2. The third kappa shape index (κ3) is 7.93. The number of carboxylic acids is 1. The second kappa shape index (κ2) is 13.9. The minimum absolute atomic E-state index is 0.181. The van der Waals surface area contributed by atoms with E-state index in [2.05, 4.69) is 12.2 Å². The molecule has 0 aliphatic rings. The highest BCUT2D eigenvalue weighted by atomic mass is 16.5. The van der Waals surface area contributed by atoms with Crippen molar-refractivity contribution in [2.45, 2.75) is 45.6 Å². The van der Waals surface area contributed by atoms with Crippen LogP contribution in [0.25, 0.3) is 11.5 Å².